The summed E-state index contributed by atoms with van der Waals surface area (Å²) in [6.07, 6.45) is 0. The van der Waals surface area contributed by atoms with Gasteiger partial charge in [-0.1, -0.05) is 152 Å². The maximum atomic E-state index is 2.38. The third-order valence-electron chi connectivity index (χ3n) is 9.59. The molecule has 1 heterocycles. The summed E-state index contributed by atoms with van der Waals surface area (Å²) in [5.41, 5.74) is 14.0. The molecule has 0 aliphatic carbocycles. The van der Waals surface area contributed by atoms with Crippen molar-refractivity contribution in [1.82, 2.24) is 4.57 Å². The maximum Gasteiger partial charge on any atom is 0.0546 e. The van der Waals surface area contributed by atoms with Crippen molar-refractivity contribution in [3.8, 4) is 39.1 Å². The van der Waals surface area contributed by atoms with E-state index in [9.17, 15) is 0 Å². The van der Waals surface area contributed by atoms with Gasteiger partial charge in [0, 0.05) is 33.4 Å². The smallest absolute Gasteiger partial charge is 0.0546 e. The summed E-state index contributed by atoms with van der Waals surface area (Å²) < 4.78 is 2.38. The molecule has 0 fully saturated rings. The molecule has 0 spiro atoms. The van der Waals surface area contributed by atoms with Crippen LogP contribution in [0.15, 0.2) is 206 Å². The van der Waals surface area contributed by atoms with Crippen LogP contribution in [-0.4, -0.2) is 4.57 Å². The Kier molecular flexibility index (Phi) is 7.53. The maximum absolute atomic E-state index is 2.38. The van der Waals surface area contributed by atoms with Crippen LogP contribution < -0.4 is 4.90 Å². The average Bonchev–Trinajstić information content (AvgIpc) is 3.54. The number of rotatable bonds is 7. The van der Waals surface area contributed by atoms with Gasteiger partial charge >= 0.3 is 0 Å². The van der Waals surface area contributed by atoms with E-state index in [1.807, 2.05) is 0 Å². The van der Waals surface area contributed by atoms with Gasteiger partial charge in [0.2, 0.25) is 0 Å². The Bertz CT molecular complexity index is 2510. The number of hydrogen-bond acceptors (Lipinski definition) is 1. The molecule has 236 valence electrons. The molecule has 0 radical (unpaired) electrons. The highest BCUT2D eigenvalue weighted by Crippen LogP contribution is 2.43. The molecule has 1 aromatic heterocycles. The summed E-state index contributed by atoms with van der Waals surface area (Å²) in [7, 11) is 0. The van der Waals surface area contributed by atoms with Crippen LogP contribution in [0, 0.1) is 0 Å². The molecular formula is C48H34N2. The van der Waals surface area contributed by atoms with Gasteiger partial charge in [-0.2, -0.15) is 0 Å². The topological polar surface area (TPSA) is 8.17 Å². The lowest BCUT2D eigenvalue weighted by Crippen LogP contribution is -2.11. The van der Waals surface area contributed by atoms with E-state index in [-0.39, 0.29) is 0 Å². The van der Waals surface area contributed by atoms with Gasteiger partial charge in [-0.3, -0.25) is 0 Å². The average molecular weight is 639 g/mol. The molecule has 0 N–H and O–H groups in total. The molecule has 8 aromatic carbocycles. The van der Waals surface area contributed by atoms with Gasteiger partial charge in [-0.15, -0.1) is 0 Å². The van der Waals surface area contributed by atoms with Crippen LogP contribution in [0.1, 0.15) is 0 Å². The Labute approximate surface area is 292 Å². The van der Waals surface area contributed by atoms with Gasteiger partial charge < -0.3 is 9.47 Å². The zero-order valence-electron chi connectivity index (χ0n) is 27.5. The Morgan fingerprint density at radius 2 is 0.800 bits per heavy atom. The van der Waals surface area contributed by atoms with Crippen LogP contribution in [0.5, 0.6) is 0 Å². The summed E-state index contributed by atoms with van der Waals surface area (Å²) in [6.45, 7) is 0. The predicted octanol–water partition coefficient (Wildman–Crippen LogP) is 13.3. The Balaban J connectivity index is 1.16. The summed E-state index contributed by atoms with van der Waals surface area (Å²) >= 11 is 0. The van der Waals surface area contributed by atoms with E-state index in [0.29, 0.717) is 0 Å². The van der Waals surface area contributed by atoms with Crippen molar-refractivity contribution in [2.24, 2.45) is 0 Å². The number of nitrogens with zero attached hydrogens (tertiary/aromatic N) is 2. The second-order valence-corrected chi connectivity index (χ2v) is 12.6. The minimum Gasteiger partial charge on any atom is -0.310 e. The number of fused-ring (bicyclic) bond motifs is 3. The number of anilines is 3. The van der Waals surface area contributed by atoms with Crippen LogP contribution >= 0.6 is 0 Å². The van der Waals surface area contributed by atoms with Gasteiger partial charge in [0.15, 0.2) is 0 Å². The SMILES string of the molecule is c1ccc(-c2ccc(-c3ccccc3)c(N(c3ccccc3)c3ccc(-c4cccc(-n5c6ccccc6c6ccccc65)c4)cc3)c2)cc1. The zero-order chi connectivity index (χ0) is 33.3. The fourth-order valence-electron chi connectivity index (χ4n) is 7.22. The van der Waals surface area contributed by atoms with Crippen LogP contribution in [0.3, 0.4) is 0 Å². The minimum absolute atomic E-state index is 1.10. The van der Waals surface area contributed by atoms with Crippen LogP contribution in [0.4, 0.5) is 17.1 Å². The molecule has 9 rings (SSSR count). The lowest BCUT2D eigenvalue weighted by Gasteiger charge is -2.28. The highest BCUT2D eigenvalue weighted by molar-refractivity contribution is 6.09. The quantitative estimate of drug-likeness (QED) is 0.169. The van der Waals surface area contributed by atoms with Crippen molar-refractivity contribution in [2.75, 3.05) is 4.90 Å². The third kappa shape index (κ3) is 5.34. The van der Waals surface area contributed by atoms with Gasteiger partial charge in [-0.05, 0) is 82.4 Å². The van der Waals surface area contributed by atoms with Crippen LogP contribution in [-0.2, 0) is 0 Å². The minimum atomic E-state index is 1.10. The van der Waals surface area contributed by atoms with Crippen molar-refractivity contribution in [1.29, 1.82) is 0 Å². The monoisotopic (exact) mass is 638 g/mol. The van der Waals surface area contributed by atoms with E-state index in [1.54, 1.807) is 0 Å². The van der Waals surface area contributed by atoms with E-state index in [1.165, 1.54) is 55.2 Å². The molecule has 2 heteroatoms. The predicted molar refractivity (Wildman–Crippen MR) is 212 cm³/mol. The van der Waals surface area contributed by atoms with Gasteiger partial charge in [-0.25, -0.2) is 0 Å². The fourth-order valence-corrected chi connectivity index (χ4v) is 7.22. The zero-order valence-corrected chi connectivity index (χ0v) is 27.5. The first-order valence-electron chi connectivity index (χ1n) is 17.1. The molecule has 0 saturated carbocycles. The van der Waals surface area contributed by atoms with Crippen LogP contribution in [0.25, 0.3) is 60.9 Å². The Morgan fingerprint density at radius 1 is 0.320 bits per heavy atom. The fraction of sp³-hybridized carbons (Fsp3) is 0. The number of aromatic nitrogens is 1. The van der Waals surface area contributed by atoms with Crippen molar-refractivity contribution in [3.63, 3.8) is 0 Å². The molecule has 0 amide bonds. The molecule has 0 aliphatic rings. The van der Waals surface area contributed by atoms with Crippen molar-refractivity contribution < 1.29 is 0 Å². The van der Waals surface area contributed by atoms with Crippen molar-refractivity contribution >= 4 is 38.9 Å². The third-order valence-corrected chi connectivity index (χ3v) is 9.59. The largest absolute Gasteiger partial charge is 0.310 e. The molecule has 0 bridgehead atoms. The van der Waals surface area contributed by atoms with Gasteiger partial charge in [0.25, 0.3) is 0 Å². The van der Waals surface area contributed by atoms with Gasteiger partial charge in [0.05, 0.1) is 16.7 Å². The van der Waals surface area contributed by atoms with E-state index in [0.717, 1.165) is 22.7 Å². The normalized spacial score (nSPS) is 11.2. The molecule has 9 aromatic rings. The molecule has 2 nitrogen and oxygen atoms in total. The van der Waals surface area contributed by atoms with E-state index >= 15 is 0 Å². The van der Waals surface area contributed by atoms with Crippen molar-refractivity contribution in [2.45, 2.75) is 0 Å². The van der Waals surface area contributed by atoms with Gasteiger partial charge in [0.1, 0.15) is 0 Å². The first kappa shape index (κ1) is 29.5. The van der Waals surface area contributed by atoms with Crippen LogP contribution in [0.2, 0.25) is 0 Å². The highest BCUT2D eigenvalue weighted by Gasteiger charge is 2.19. The van der Waals surface area contributed by atoms with E-state index < -0.39 is 0 Å². The Hall–Kier alpha value is -6.64. The first-order chi connectivity index (χ1) is 24.8. The number of benzene rings is 8. The molecule has 0 aliphatic heterocycles. The number of hydrogen-bond donors (Lipinski definition) is 0. The first-order valence-corrected chi connectivity index (χ1v) is 17.1. The summed E-state index contributed by atoms with van der Waals surface area (Å²) in [6, 6.07) is 74.0. The standard InChI is InChI=1S/C48H34N2/c1-4-15-35(16-5-1)39-29-32-43(37-17-6-2-7-18-37)48(34-39)49(40-20-8-3-9-21-40)41-30-27-36(28-31-41)38-19-14-22-42(33-38)50-46-25-12-10-23-44(46)45-24-11-13-26-47(45)50/h1-34H. The van der Waals surface area contributed by atoms with E-state index in [2.05, 4.69) is 216 Å². The Morgan fingerprint density at radius 3 is 1.46 bits per heavy atom. The molecule has 0 unspecified atom stereocenters. The molecule has 50 heavy (non-hydrogen) atoms. The van der Waals surface area contributed by atoms with Crippen molar-refractivity contribution in [3.05, 3.63) is 206 Å². The lowest BCUT2D eigenvalue weighted by atomic mass is 9.96. The second-order valence-electron chi connectivity index (χ2n) is 12.6. The van der Waals surface area contributed by atoms with E-state index in [4.69, 9.17) is 0 Å². The summed E-state index contributed by atoms with van der Waals surface area (Å²) in [4.78, 5) is 2.38. The molecule has 0 atom stereocenters. The highest BCUT2D eigenvalue weighted by atomic mass is 15.1. The summed E-state index contributed by atoms with van der Waals surface area (Å²) in [5, 5.41) is 2.54. The molecular weight excluding hydrogens is 605 g/mol. The number of para-hydroxylation sites is 3. The lowest BCUT2D eigenvalue weighted by molar-refractivity contribution is 1.18. The summed E-state index contributed by atoms with van der Waals surface area (Å²) in [5.74, 6) is 0. The molecule has 0 saturated heterocycles. The second kappa shape index (κ2) is 12.8.